The van der Waals surface area contributed by atoms with E-state index in [0.29, 0.717) is 12.8 Å². The monoisotopic (exact) mass is 294 g/mol. The van der Waals surface area contributed by atoms with Gasteiger partial charge in [-0.15, -0.1) is 11.6 Å². The van der Waals surface area contributed by atoms with Gasteiger partial charge in [0.2, 0.25) is 0 Å². The second kappa shape index (κ2) is 4.88. The molecule has 2 aliphatic rings. The standard InChI is InChI=1S/C16H16ClFO2/c1-20-12-2-3-13-10(6-12)9-16(4-5-18)14(13)7-11(19)8-15(16)17/h2-3,6-7,15H,4-5,8-9H2,1H3. The van der Waals surface area contributed by atoms with Crippen molar-refractivity contribution in [3.63, 3.8) is 0 Å². The van der Waals surface area contributed by atoms with Crippen molar-refractivity contribution < 1.29 is 13.9 Å². The average molecular weight is 295 g/mol. The van der Waals surface area contributed by atoms with Gasteiger partial charge in [0, 0.05) is 11.8 Å². The number of hydrogen-bond donors (Lipinski definition) is 0. The lowest BCUT2D eigenvalue weighted by Gasteiger charge is -2.37. The van der Waals surface area contributed by atoms with E-state index >= 15 is 0 Å². The van der Waals surface area contributed by atoms with Gasteiger partial charge in [-0.3, -0.25) is 9.18 Å². The summed E-state index contributed by atoms with van der Waals surface area (Å²) in [5.41, 5.74) is 2.56. The van der Waals surface area contributed by atoms with Gasteiger partial charge < -0.3 is 4.74 Å². The van der Waals surface area contributed by atoms with Crippen LogP contribution in [0.3, 0.4) is 0 Å². The van der Waals surface area contributed by atoms with Crippen molar-refractivity contribution in [1.29, 1.82) is 0 Å². The molecular weight excluding hydrogens is 279 g/mol. The fourth-order valence-corrected chi connectivity index (χ4v) is 3.91. The van der Waals surface area contributed by atoms with E-state index in [1.54, 1.807) is 13.2 Å². The number of halogens is 2. The van der Waals surface area contributed by atoms with E-state index in [-0.39, 0.29) is 17.6 Å². The minimum absolute atomic E-state index is 0.0261. The Morgan fingerprint density at radius 1 is 1.50 bits per heavy atom. The van der Waals surface area contributed by atoms with Crippen molar-refractivity contribution in [2.24, 2.45) is 5.41 Å². The van der Waals surface area contributed by atoms with Gasteiger partial charge in [-0.05, 0) is 47.8 Å². The molecule has 0 radical (unpaired) electrons. The van der Waals surface area contributed by atoms with Crippen molar-refractivity contribution >= 4 is 23.0 Å². The van der Waals surface area contributed by atoms with Crippen LogP contribution in [-0.4, -0.2) is 24.9 Å². The molecule has 0 heterocycles. The van der Waals surface area contributed by atoms with Crippen LogP contribution in [0.15, 0.2) is 24.3 Å². The quantitative estimate of drug-likeness (QED) is 0.797. The van der Waals surface area contributed by atoms with E-state index in [2.05, 4.69) is 0 Å². The van der Waals surface area contributed by atoms with E-state index in [9.17, 15) is 9.18 Å². The van der Waals surface area contributed by atoms with E-state index in [1.165, 1.54) is 0 Å². The summed E-state index contributed by atoms with van der Waals surface area (Å²) in [4.78, 5) is 11.8. The number of ketones is 1. The zero-order valence-electron chi connectivity index (χ0n) is 11.3. The van der Waals surface area contributed by atoms with Crippen LogP contribution in [0.5, 0.6) is 5.75 Å². The molecule has 0 aliphatic heterocycles. The Hall–Kier alpha value is -1.35. The van der Waals surface area contributed by atoms with Crippen molar-refractivity contribution in [2.75, 3.05) is 13.8 Å². The third-order valence-corrected chi connectivity index (χ3v) is 5.04. The first-order valence-electron chi connectivity index (χ1n) is 6.73. The summed E-state index contributed by atoms with van der Waals surface area (Å²) in [5, 5.41) is -0.343. The fourth-order valence-electron chi connectivity index (χ4n) is 3.45. The summed E-state index contributed by atoms with van der Waals surface area (Å²) in [5.74, 6) is 0.800. The number of rotatable bonds is 3. The Morgan fingerprint density at radius 3 is 3.00 bits per heavy atom. The van der Waals surface area contributed by atoms with Gasteiger partial charge in [0.1, 0.15) is 5.75 Å². The number of methoxy groups -OCH3 is 1. The summed E-state index contributed by atoms with van der Waals surface area (Å²) in [7, 11) is 1.62. The van der Waals surface area contributed by atoms with Crippen molar-refractivity contribution in [3.05, 3.63) is 35.4 Å². The number of hydrogen-bond acceptors (Lipinski definition) is 2. The van der Waals surface area contributed by atoms with E-state index < -0.39 is 12.1 Å². The highest BCUT2D eigenvalue weighted by atomic mass is 35.5. The van der Waals surface area contributed by atoms with Gasteiger partial charge in [-0.1, -0.05) is 6.07 Å². The minimum atomic E-state index is -0.446. The summed E-state index contributed by atoms with van der Waals surface area (Å²) in [6.07, 6.45) is 2.98. The highest BCUT2D eigenvalue weighted by Gasteiger charge is 2.49. The molecule has 0 aromatic heterocycles. The number of carbonyl (C=O) groups is 1. The number of benzene rings is 1. The third kappa shape index (κ3) is 1.87. The van der Waals surface area contributed by atoms with Crippen molar-refractivity contribution in [2.45, 2.75) is 24.6 Å². The molecule has 20 heavy (non-hydrogen) atoms. The lowest BCUT2D eigenvalue weighted by molar-refractivity contribution is -0.115. The van der Waals surface area contributed by atoms with Crippen LogP contribution >= 0.6 is 11.6 Å². The van der Waals surface area contributed by atoms with Crippen LogP contribution in [0.2, 0.25) is 0 Å². The highest BCUT2D eigenvalue weighted by Crippen LogP contribution is 2.55. The number of carbonyl (C=O) groups excluding carboxylic acids is 1. The first-order chi connectivity index (χ1) is 9.60. The molecule has 2 aliphatic carbocycles. The molecule has 0 spiro atoms. The molecule has 0 saturated carbocycles. The van der Waals surface area contributed by atoms with Gasteiger partial charge in [0.15, 0.2) is 5.78 Å². The van der Waals surface area contributed by atoms with Crippen LogP contribution < -0.4 is 4.74 Å². The van der Waals surface area contributed by atoms with Crippen LogP contribution in [-0.2, 0) is 11.2 Å². The minimum Gasteiger partial charge on any atom is -0.497 e. The molecule has 2 atom stereocenters. The van der Waals surface area contributed by atoms with Crippen LogP contribution in [0, 0.1) is 5.41 Å². The first kappa shape index (κ1) is 13.6. The zero-order chi connectivity index (χ0) is 14.3. The lowest BCUT2D eigenvalue weighted by Crippen LogP contribution is -2.37. The van der Waals surface area contributed by atoms with Gasteiger partial charge in [-0.2, -0.15) is 0 Å². The summed E-state index contributed by atoms with van der Waals surface area (Å²) in [6, 6.07) is 5.78. The fraction of sp³-hybridized carbons (Fsp3) is 0.438. The zero-order valence-corrected chi connectivity index (χ0v) is 12.0. The number of allylic oxidation sites excluding steroid dienone is 2. The molecule has 0 amide bonds. The molecule has 3 rings (SSSR count). The topological polar surface area (TPSA) is 26.3 Å². The number of fused-ring (bicyclic) bond motifs is 3. The van der Waals surface area contributed by atoms with Gasteiger partial charge in [0.25, 0.3) is 0 Å². The smallest absolute Gasteiger partial charge is 0.157 e. The molecule has 1 aromatic rings. The molecule has 2 nitrogen and oxygen atoms in total. The number of alkyl halides is 2. The maximum absolute atomic E-state index is 13.1. The maximum atomic E-state index is 13.1. The Kier molecular flexibility index (Phi) is 3.33. The van der Waals surface area contributed by atoms with Crippen LogP contribution in [0.4, 0.5) is 4.39 Å². The highest BCUT2D eigenvalue weighted by molar-refractivity contribution is 6.25. The second-order valence-corrected chi connectivity index (χ2v) is 6.02. The Morgan fingerprint density at radius 2 is 2.30 bits per heavy atom. The molecule has 0 saturated heterocycles. The Balaban J connectivity index is 2.14. The second-order valence-electron chi connectivity index (χ2n) is 5.49. The van der Waals surface area contributed by atoms with Crippen LogP contribution in [0.25, 0.3) is 5.57 Å². The number of ether oxygens (including phenoxy) is 1. The molecule has 106 valence electrons. The van der Waals surface area contributed by atoms with E-state index in [0.717, 1.165) is 22.4 Å². The summed E-state index contributed by atoms with van der Waals surface area (Å²) in [6.45, 7) is -0.431. The molecule has 0 fully saturated rings. The van der Waals surface area contributed by atoms with Crippen LogP contribution in [0.1, 0.15) is 24.0 Å². The van der Waals surface area contributed by atoms with Crippen molar-refractivity contribution in [3.8, 4) is 5.75 Å². The molecule has 0 N–H and O–H groups in total. The summed E-state index contributed by atoms with van der Waals surface area (Å²) < 4.78 is 18.3. The molecule has 2 unspecified atom stereocenters. The molecule has 1 aromatic carbocycles. The van der Waals surface area contributed by atoms with Gasteiger partial charge in [-0.25, -0.2) is 0 Å². The molecular formula is C16H16ClFO2. The predicted molar refractivity (Wildman–Crippen MR) is 77.0 cm³/mol. The summed E-state index contributed by atoms with van der Waals surface area (Å²) >= 11 is 6.45. The van der Waals surface area contributed by atoms with Gasteiger partial charge >= 0.3 is 0 Å². The van der Waals surface area contributed by atoms with Gasteiger partial charge in [0.05, 0.1) is 19.2 Å². The Bertz CT molecular complexity index is 596. The molecule has 0 bridgehead atoms. The Labute approximate surface area is 122 Å². The third-order valence-electron chi connectivity index (χ3n) is 4.47. The van der Waals surface area contributed by atoms with E-state index in [4.69, 9.17) is 16.3 Å². The largest absolute Gasteiger partial charge is 0.497 e. The normalized spacial score (nSPS) is 27.9. The predicted octanol–water partition coefficient (Wildman–Crippen LogP) is 3.56. The first-order valence-corrected chi connectivity index (χ1v) is 7.16. The lowest BCUT2D eigenvalue weighted by atomic mass is 9.70. The maximum Gasteiger partial charge on any atom is 0.157 e. The average Bonchev–Trinajstić information content (AvgIpc) is 2.73. The SMILES string of the molecule is COc1ccc2c(c1)CC1(CCF)C2=CC(=O)CC1Cl. The van der Waals surface area contributed by atoms with Crippen molar-refractivity contribution in [1.82, 2.24) is 0 Å². The molecule has 4 heteroatoms. The van der Waals surface area contributed by atoms with E-state index in [1.807, 2.05) is 18.2 Å².